The van der Waals surface area contributed by atoms with Crippen molar-refractivity contribution in [3.63, 3.8) is 0 Å². The van der Waals surface area contributed by atoms with Gasteiger partial charge >= 0.3 is 6.18 Å². The molecule has 4 atom stereocenters. The highest BCUT2D eigenvalue weighted by molar-refractivity contribution is 5.96. The van der Waals surface area contributed by atoms with Gasteiger partial charge in [0.25, 0.3) is 0 Å². The second kappa shape index (κ2) is 11.0. The molecule has 2 aromatic heterocycles. The van der Waals surface area contributed by atoms with E-state index in [9.17, 15) is 26.7 Å². The highest BCUT2D eigenvalue weighted by atomic mass is 19.4. The number of carbonyl (C=O) groups is 1. The molecule has 6 rings (SSSR count). The summed E-state index contributed by atoms with van der Waals surface area (Å²) in [5, 5.41) is 10.2. The highest BCUT2D eigenvalue weighted by Crippen LogP contribution is 2.48. The Bertz CT molecular complexity index is 1600. The van der Waals surface area contributed by atoms with Crippen molar-refractivity contribution in [2.45, 2.75) is 50.2 Å². The van der Waals surface area contributed by atoms with Crippen molar-refractivity contribution in [2.24, 2.45) is 5.92 Å². The summed E-state index contributed by atoms with van der Waals surface area (Å²) in [6.07, 6.45) is -4.62. The van der Waals surface area contributed by atoms with Crippen molar-refractivity contribution in [3.05, 3.63) is 65.8 Å². The summed E-state index contributed by atoms with van der Waals surface area (Å²) in [7, 11) is 1.84. The maximum atomic E-state index is 14.7. The van der Waals surface area contributed by atoms with Crippen LogP contribution in [0.25, 0.3) is 22.4 Å². The molecule has 1 amide bonds. The van der Waals surface area contributed by atoms with Gasteiger partial charge in [0.15, 0.2) is 0 Å². The summed E-state index contributed by atoms with van der Waals surface area (Å²) in [6, 6.07) is 12.2. The molecule has 42 heavy (non-hydrogen) atoms. The largest absolute Gasteiger partial charge is 0.406 e. The SMILES string of the molecule is CN1CC[C@@H](Nc2cccc3c2cc(-c2noc(CNC(=O)[C@@H]4C[C@H]4c4ccccc4F)n2)n3CC(F)(F)F)[C@@H](F)C1. The zero-order chi connectivity index (χ0) is 29.6. The molecule has 2 N–H and O–H groups in total. The summed E-state index contributed by atoms with van der Waals surface area (Å²) >= 11 is 0. The average Bonchev–Trinajstić information content (AvgIpc) is 3.45. The van der Waals surface area contributed by atoms with E-state index in [0.29, 0.717) is 36.0 Å². The zero-order valence-corrected chi connectivity index (χ0v) is 22.7. The van der Waals surface area contributed by atoms with E-state index in [4.69, 9.17) is 4.52 Å². The summed E-state index contributed by atoms with van der Waals surface area (Å²) in [4.78, 5) is 18.8. The number of aromatic nitrogens is 3. The molecule has 1 aliphatic heterocycles. The Kier molecular flexibility index (Phi) is 7.37. The van der Waals surface area contributed by atoms with Crippen LogP contribution in [0.3, 0.4) is 0 Å². The van der Waals surface area contributed by atoms with Gasteiger partial charge in [0, 0.05) is 30.1 Å². The fourth-order valence-electron chi connectivity index (χ4n) is 5.69. The topological polar surface area (TPSA) is 88.2 Å². The van der Waals surface area contributed by atoms with Crippen LogP contribution in [0, 0.1) is 11.7 Å². The first-order valence-electron chi connectivity index (χ1n) is 13.7. The van der Waals surface area contributed by atoms with E-state index in [1.165, 1.54) is 12.1 Å². The molecule has 0 spiro atoms. The Morgan fingerprint density at radius 2 is 1.98 bits per heavy atom. The van der Waals surface area contributed by atoms with Crippen LogP contribution in [0.15, 0.2) is 53.1 Å². The zero-order valence-electron chi connectivity index (χ0n) is 22.7. The normalized spacial score (nSPS) is 22.8. The third-order valence-electron chi connectivity index (χ3n) is 7.91. The fraction of sp³-hybridized carbons (Fsp3) is 0.414. The summed E-state index contributed by atoms with van der Waals surface area (Å²) in [6.45, 7) is -0.469. The minimum absolute atomic E-state index is 0.00945. The molecule has 13 heteroatoms. The van der Waals surface area contributed by atoms with Crippen LogP contribution in [0.4, 0.5) is 27.6 Å². The van der Waals surface area contributed by atoms with Gasteiger partial charge < -0.3 is 24.6 Å². The highest BCUT2D eigenvalue weighted by Gasteiger charge is 2.45. The van der Waals surface area contributed by atoms with E-state index < -0.39 is 30.9 Å². The molecule has 1 aliphatic carbocycles. The lowest BCUT2D eigenvalue weighted by molar-refractivity contribution is -0.139. The maximum absolute atomic E-state index is 14.7. The second-order valence-corrected chi connectivity index (χ2v) is 11.0. The van der Waals surface area contributed by atoms with Crippen molar-refractivity contribution in [3.8, 4) is 11.5 Å². The number of rotatable bonds is 8. The molecule has 1 saturated carbocycles. The first-order chi connectivity index (χ1) is 20.1. The number of alkyl halides is 4. The molecule has 2 aromatic carbocycles. The Hall–Kier alpha value is -4.00. The van der Waals surface area contributed by atoms with E-state index in [2.05, 4.69) is 20.8 Å². The number of anilines is 1. The summed E-state index contributed by atoms with van der Waals surface area (Å²) in [5.41, 5.74) is 1.35. The van der Waals surface area contributed by atoms with Crippen LogP contribution in [-0.4, -0.2) is 64.0 Å². The van der Waals surface area contributed by atoms with Crippen LogP contribution in [0.1, 0.15) is 30.2 Å². The Balaban J connectivity index is 1.21. The predicted molar refractivity (Wildman–Crippen MR) is 145 cm³/mol. The standard InChI is InChI=1S/C29H29F5N6O2/c1-39-10-9-23(21(31)14-39)36-22-7-4-8-24-19(22)12-25(40(24)15-29(32,33)34)27-37-26(42-38-27)13-35-28(41)18-11-17(18)16-5-2-3-6-20(16)30/h2-8,12,17-18,21,23,36H,9-11,13-15H2,1H3,(H,35,41)/t17-,18+,21-,23+/m0/s1. The van der Waals surface area contributed by atoms with Crippen LogP contribution in [-0.2, 0) is 17.9 Å². The molecular weight excluding hydrogens is 559 g/mol. The second-order valence-electron chi connectivity index (χ2n) is 11.0. The van der Waals surface area contributed by atoms with Gasteiger partial charge in [0.1, 0.15) is 18.5 Å². The Morgan fingerprint density at radius 1 is 1.17 bits per heavy atom. The van der Waals surface area contributed by atoms with Gasteiger partial charge in [-0.3, -0.25) is 4.79 Å². The number of amides is 1. The van der Waals surface area contributed by atoms with Gasteiger partial charge in [-0.25, -0.2) is 8.78 Å². The number of halogens is 5. The van der Waals surface area contributed by atoms with Crippen molar-refractivity contribution in [1.29, 1.82) is 0 Å². The number of hydrogen-bond acceptors (Lipinski definition) is 6. The van der Waals surface area contributed by atoms with E-state index in [1.54, 1.807) is 36.4 Å². The number of nitrogens with zero attached hydrogens (tertiary/aromatic N) is 4. The molecule has 222 valence electrons. The van der Waals surface area contributed by atoms with Crippen molar-refractivity contribution in [1.82, 2.24) is 24.9 Å². The van der Waals surface area contributed by atoms with Crippen LogP contribution in [0.5, 0.6) is 0 Å². The first-order valence-corrected chi connectivity index (χ1v) is 13.7. The number of nitrogens with one attached hydrogen (secondary N) is 2. The van der Waals surface area contributed by atoms with Crippen LogP contribution >= 0.6 is 0 Å². The van der Waals surface area contributed by atoms with Gasteiger partial charge in [-0.2, -0.15) is 18.2 Å². The minimum atomic E-state index is -4.54. The van der Waals surface area contributed by atoms with Gasteiger partial charge in [-0.05, 0) is 55.6 Å². The van der Waals surface area contributed by atoms with Gasteiger partial charge in [-0.15, -0.1) is 0 Å². The predicted octanol–water partition coefficient (Wildman–Crippen LogP) is 5.27. The van der Waals surface area contributed by atoms with E-state index in [1.807, 2.05) is 11.9 Å². The molecule has 2 fully saturated rings. The maximum Gasteiger partial charge on any atom is 0.406 e. The van der Waals surface area contributed by atoms with Gasteiger partial charge in [-0.1, -0.05) is 29.4 Å². The molecule has 4 aromatic rings. The number of fused-ring (bicyclic) bond motifs is 1. The first kappa shape index (κ1) is 28.1. The average molecular weight is 589 g/mol. The molecule has 8 nitrogen and oxygen atoms in total. The van der Waals surface area contributed by atoms with E-state index in [0.717, 1.165) is 4.57 Å². The quantitative estimate of drug-likeness (QED) is 0.273. The van der Waals surface area contributed by atoms with Crippen molar-refractivity contribution >= 4 is 22.5 Å². The van der Waals surface area contributed by atoms with E-state index in [-0.39, 0.29) is 53.7 Å². The Morgan fingerprint density at radius 3 is 2.74 bits per heavy atom. The number of piperidine rings is 1. The number of carbonyl (C=O) groups excluding carboxylic acids is 1. The monoisotopic (exact) mass is 588 g/mol. The molecular formula is C29H29F5N6O2. The molecule has 1 saturated heterocycles. The molecule has 0 unspecified atom stereocenters. The summed E-state index contributed by atoms with van der Waals surface area (Å²) < 4.78 is 76.1. The Labute approximate surface area is 237 Å². The number of benzene rings is 2. The van der Waals surface area contributed by atoms with Crippen molar-refractivity contribution < 1.29 is 31.3 Å². The number of likely N-dealkylation sites (tertiary alicyclic amines) is 1. The lowest BCUT2D eigenvalue weighted by Crippen LogP contribution is -2.46. The lowest BCUT2D eigenvalue weighted by Gasteiger charge is -2.33. The molecule has 0 bridgehead atoms. The fourth-order valence-corrected chi connectivity index (χ4v) is 5.69. The minimum Gasteiger partial charge on any atom is -0.379 e. The van der Waals surface area contributed by atoms with Crippen LogP contribution in [0.2, 0.25) is 0 Å². The smallest absolute Gasteiger partial charge is 0.379 e. The summed E-state index contributed by atoms with van der Waals surface area (Å²) in [5.74, 6) is -1.34. The van der Waals surface area contributed by atoms with E-state index >= 15 is 0 Å². The number of hydrogen-bond donors (Lipinski definition) is 2. The van der Waals surface area contributed by atoms with Gasteiger partial charge in [0.05, 0.1) is 23.8 Å². The lowest BCUT2D eigenvalue weighted by atomic mass is 10.0. The molecule has 0 radical (unpaired) electrons. The third kappa shape index (κ3) is 5.83. The third-order valence-corrected chi connectivity index (χ3v) is 7.91. The van der Waals surface area contributed by atoms with Gasteiger partial charge in [0.2, 0.25) is 17.6 Å². The molecule has 2 aliphatic rings. The molecule has 3 heterocycles. The van der Waals surface area contributed by atoms with Crippen LogP contribution < -0.4 is 10.6 Å². The van der Waals surface area contributed by atoms with Crippen molar-refractivity contribution in [2.75, 3.05) is 25.5 Å².